The van der Waals surface area contributed by atoms with Crippen LogP contribution in [0.4, 0.5) is 4.79 Å². The molecule has 26 heavy (non-hydrogen) atoms. The molecule has 0 spiro atoms. The molecule has 2 amide bonds. The number of hydrogen-bond donors (Lipinski definition) is 1. The minimum Gasteiger partial charge on any atom is -0.497 e. The molecule has 1 aliphatic rings. The Morgan fingerprint density at radius 3 is 2.46 bits per heavy atom. The highest BCUT2D eigenvalue weighted by atomic mass is 16.6. The summed E-state index contributed by atoms with van der Waals surface area (Å²) in [6.45, 7) is 1.59. The normalized spacial score (nSPS) is 16.0. The predicted molar refractivity (Wildman–Crippen MR) is 89.9 cm³/mol. The summed E-state index contributed by atoms with van der Waals surface area (Å²) in [5.74, 6) is 0.164. The molecule has 142 valence electrons. The first-order valence-corrected chi connectivity index (χ1v) is 8.07. The highest BCUT2D eigenvalue weighted by Gasteiger charge is 2.39. The third kappa shape index (κ3) is 4.78. The molecule has 1 aromatic carbocycles. The summed E-state index contributed by atoms with van der Waals surface area (Å²) >= 11 is 0. The summed E-state index contributed by atoms with van der Waals surface area (Å²) in [6.07, 6.45) is -0.721. The van der Waals surface area contributed by atoms with Crippen LogP contribution in [0.5, 0.6) is 11.5 Å². The number of rotatable bonds is 8. The van der Waals surface area contributed by atoms with E-state index in [1.807, 2.05) is 0 Å². The summed E-state index contributed by atoms with van der Waals surface area (Å²) in [6, 6.07) is 4.35. The lowest BCUT2D eigenvalue weighted by Gasteiger charge is -2.19. The van der Waals surface area contributed by atoms with E-state index in [-0.39, 0.29) is 26.3 Å². The molecule has 1 aliphatic heterocycles. The second-order valence-corrected chi connectivity index (χ2v) is 5.46. The molecular formula is C17H22N2O7. The summed E-state index contributed by atoms with van der Waals surface area (Å²) < 4.78 is 20.1. The molecule has 1 fully saturated rings. The van der Waals surface area contributed by atoms with Gasteiger partial charge in [-0.2, -0.15) is 0 Å². The van der Waals surface area contributed by atoms with Gasteiger partial charge in [0.15, 0.2) is 0 Å². The maximum absolute atomic E-state index is 12.4. The molecule has 0 radical (unpaired) electrons. The van der Waals surface area contributed by atoms with Gasteiger partial charge in [0.05, 0.1) is 20.8 Å². The van der Waals surface area contributed by atoms with Crippen LogP contribution in [0.1, 0.15) is 12.5 Å². The number of cyclic esters (lactones) is 1. The van der Waals surface area contributed by atoms with Crippen LogP contribution in [-0.4, -0.2) is 62.9 Å². The number of carbonyl (C=O) groups is 3. The molecule has 9 nitrogen and oxygen atoms in total. The minimum absolute atomic E-state index is 0.120. The van der Waals surface area contributed by atoms with Crippen LogP contribution in [0.3, 0.4) is 0 Å². The van der Waals surface area contributed by atoms with Gasteiger partial charge in [-0.1, -0.05) is 0 Å². The van der Waals surface area contributed by atoms with Gasteiger partial charge in [-0.05, 0) is 24.6 Å². The van der Waals surface area contributed by atoms with Crippen molar-refractivity contribution in [2.24, 2.45) is 0 Å². The number of nitrogens with one attached hydrogen (secondary N) is 1. The number of esters is 1. The van der Waals surface area contributed by atoms with Gasteiger partial charge in [-0.15, -0.1) is 0 Å². The highest BCUT2D eigenvalue weighted by molar-refractivity contribution is 5.90. The van der Waals surface area contributed by atoms with E-state index in [2.05, 4.69) is 5.32 Å². The van der Waals surface area contributed by atoms with Crippen LogP contribution < -0.4 is 14.8 Å². The van der Waals surface area contributed by atoms with Crippen LogP contribution in [0.15, 0.2) is 18.2 Å². The monoisotopic (exact) mass is 366 g/mol. The summed E-state index contributed by atoms with van der Waals surface area (Å²) in [5.41, 5.74) is 0.761. The number of carbonyl (C=O) groups excluding carboxylic acids is 3. The molecule has 9 heteroatoms. The molecule has 1 saturated heterocycles. The van der Waals surface area contributed by atoms with Crippen LogP contribution >= 0.6 is 0 Å². The summed E-state index contributed by atoms with van der Waals surface area (Å²) in [7, 11) is 3.07. The Balaban J connectivity index is 2.00. The van der Waals surface area contributed by atoms with Crippen LogP contribution in [-0.2, 0) is 25.6 Å². The van der Waals surface area contributed by atoms with Crippen LogP contribution in [0.25, 0.3) is 0 Å². The zero-order valence-corrected chi connectivity index (χ0v) is 14.9. The lowest BCUT2D eigenvalue weighted by Crippen LogP contribution is -2.47. The SMILES string of the molecule is CCOC(=O)CN1C(=O)OC[C@H]1C(=O)NCc1cc(OC)cc(OC)c1. The van der Waals surface area contributed by atoms with E-state index in [1.165, 1.54) is 14.2 Å². The molecule has 1 aromatic rings. The molecule has 0 unspecified atom stereocenters. The van der Waals surface area contributed by atoms with Crippen LogP contribution in [0, 0.1) is 0 Å². The van der Waals surface area contributed by atoms with Crippen molar-refractivity contribution in [3.05, 3.63) is 23.8 Å². The Kier molecular flexibility index (Phi) is 6.65. The van der Waals surface area contributed by atoms with Crippen molar-refractivity contribution in [2.45, 2.75) is 19.5 Å². The zero-order valence-electron chi connectivity index (χ0n) is 14.9. The molecule has 1 N–H and O–H groups in total. The van der Waals surface area contributed by atoms with Crippen molar-refractivity contribution in [1.82, 2.24) is 10.2 Å². The first kappa shape index (κ1) is 19.4. The lowest BCUT2D eigenvalue weighted by atomic mass is 10.2. The molecular weight excluding hydrogens is 344 g/mol. The van der Waals surface area contributed by atoms with E-state index in [0.29, 0.717) is 11.5 Å². The number of ether oxygens (including phenoxy) is 4. The Hall–Kier alpha value is -2.97. The van der Waals surface area contributed by atoms with E-state index in [0.717, 1.165) is 10.5 Å². The number of methoxy groups -OCH3 is 2. The summed E-state index contributed by atoms with van der Waals surface area (Å²) in [4.78, 5) is 36.8. The fourth-order valence-electron chi connectivity index (χ4n) is 2.46. The number of amides is 2. The van der Waals surface area contributed by atoms with Crippen LogP contribution in [0.2, 0.25) is 0 Å². The van der Waals surface area contributed by atoms with Gasteiger partial charge < -0.3 is 24.3 Å². The largest absolute Gasteiger partial charge is 0.497 e. The number of benzene rings is 1. The van der Waals surface area contributed by atoms with Gasteiger partial charge in [0.2, 0.25) is 5.91 Å². The Labute approximate surface area is 151 Å². The van der Waals surface area contributed by atoms with Gasteiger partial charge in [0.1, 0.15) is 30.7 Å². The minimum atomic E-state index is -0.889. The van der Waals surface area contributed by atoms with E-state index >= 15 is 0 Å². The smallest absolute Gasteiger partial charge is 0.411 e. The molecule has 0 saturated carbocycles. The van der Waals surface area contributed by atoms with Gasteiger partial charge in [0, 0.05) is 12.6 Å². The molecule has 0 aliphatic carbocycles. The van der Waals surface area contributed by atoms with E-state index in [1.54, 1.807) is 25.1 Å². The average Bonchev–Trinajstić information content (AvgIpc) is 3.00. The van der Waals surface area contributed by atoms with Crippen molar-refractivity contribution in [3.63, 3.8) is 0 Å². The second-order valence-electron chi connectivity index (χ2n) is 5.46. The van der Waals surface area contributed by atoms with E-state index in [9.17, 15) is 14.4 Å². The molecule has 0 aromatic heterocycles. The van der Waals surface area contributed by atoms with Crippen molar-refractivity contribution in [1.29, 1.82) is 0 Å². The topological polar surface area (TPSA) is 103 Å². The fourth-order valence-corrected chi connectivity index (χ4v) is 2.46. The molecule has 1 atom stereocenters. The zero-order chi connectivity index (χ0) is 19.1. The quantitative estimate of drug-likeness (QED) is 0.676. The summed E-state index contributed by atoms with van der Waals surface area (Å²) in [5, 5.41) is 2.72. The van der Waals surface area contributed by atoms with Crippen molar-refractivity contribution < 1.29 is 33.3 Å². The maximum atomic E-state index is 12.4. The molecule has 1 heterocycles. The fraction of sp³-hybridized carbons (Fsp3) is 0.471. The third-order valence-corrected chi connectivity index (χ3v) is 3.76. The average molecular weight is 366 g/mol. The predicted octanol–water partition coefficient (Wildman–Crippen LogP) is 0.704. The maximum Gasteiger partial charge on any atom is 0.411 e. The van der Waals surface area contributed by atoms with E-state index in [4.69, 9.17) is 18.9 Å². The highest BCUT2D eigenvalue weighted by Crippen LogP contribution is 2.22. The van der Waals surface area contributed by atoms with Gasteiger partial charge in [-0.25, -0.2) is 4.79 Å². The van der Waals surface area contributed by atoms with Crippen molar-refractivity contribution >= 4 is 18.0 Å². The third-order valence-electron chi connectivity index (χ3n) is 3.76. The first-order chi connectivity index (χ1) is 12.5. The van der Waals surface area contributed by atoms with Crippen molar-refractivity contribution in [2.75, 3.05) is 34.0 Å². The standard InChI is InChI=1S/C17H22N2O7/c1-4-25-15(20)9-19-14(10-26-17(19)22)16(21)18-8-11-5-12(23-2)7-13(6-11)24-3/h5-7,14H,4,8-10H2,1-3H3,(H,18,21)/t14-/m0/s1. The first-order valence-electron chi connectivity index (χ1n) is 8.07. The van der Waals surface area contributed by atoms with Crippen molar-refractivity contribution in [3.8, 4) is 11.5 Å². The Morgan fingerprint density at radius 2 is 1.88 bits per heavy atom. The number of nitrogens with zero attached hydrogens (tertiary/aromatic N) is 1. The Bertz CT molecular complexity index is 655. The molecule has 0 bridgehead atoms. The molecule has 2 rings (SSSR count). The number of hydrogen-bond acceptors (Lipinski definition) is 7. The Morgan fingerprint density at radius 1 is 1.23 bits per heavy atom. The van der Waals surface area contributed by atoms with Gasteiger partial charge in [0.25, 0.3) is 0 Å². The van der Waals surface area contributed by atoms with Gasteiger partial charge >= 0.3 is 12.1 Å². The second kappa shape index (κ2) is 8.93. The lowest BCUT2D eigenvalue weighted by molar-refractivity contribution is -0.144. The van der Waals surface area contributed by atoms with E-state index < -0.39 is 24.0 Å². The van der Waals surface area contributed by atoms with Gasteiger partial charge in [-0.3, -0.25) is 14.5 Å².